The van der Waals surface area contributed by atoms with Crippen molar-refractivity contribution in [3.05, 3.63) is 67.4 Å². The van der Waals surface area contributed by atoms with E-state index in [1.807, 2.05) is 13.8 Å². The number of hydrogen-bond donors (Lipinski definition) is 2. The van der Waals surface area contributed by atoms with Crippen molar-refractivity contribution in [2.24, 2.45) is 5.92 Å². The van der Waals surface area contributed by atoms with Gasteiger partial charge in [0.15, 0.2) is 5.65 Å². The Bertz CT molecular complexity index is 1280. The lowest BCUT2D eigenvalue weighted by Gasteiger charge is -2.15. The SMILES string of the molecule is CC(C)Cn1c(=O)[nH]c(=O)c2c(C(=O)NCCOc3cccc(Cl)c3)cc(C3CC3)nc21. The molecule has 3 aromatic rings. The van der Waals surface area contributed by atoms with E-state index < -0.39 is 17.2 Å². The van der Waals surface area contributed by atoms with Crippen LogP contribution in [0.5, 0.6) is 5.75 Å². The lowest BCUT2D eigenvalue weighted by molar-refractivity contribution is 0.0948. The number of nitrogens with zero attached hydrogens (tertiary/aromatic N) is 2. The number of aromatic amines is 1. The van der Waals surface area contributed by atoms with Gasteiger partial charge in [-0.25, -0.2) is 9.78 Å². The van der Waals surface area contributed by atoms with Gasteiger partial charge in [-0.15, -0.1) is 0 Å². The van der Waals surface area contributed by atoms with Crippen LogP contribution < -0.4 is 21.3 Å². The summed E-state index contributed by atoms with van der Waals surface area (Å²) in [7, 11) is 0. The third kappa shape index (κ3) is 4.85. The zero-order chi connectivity index (χ0) is 22.8. The van der Waals surface area contributed by atoms with Crippen LogP contribution in [0.2, 0.25) is 5.02 Å². The second-order valence-corrected chi connectivity index (χ2v) is 8.83. The fourth-order valence-electron chi connectivity index (χ4n) is 3.58. The summed E-state index contributed by atoms with van der Waals surface area (Å²) in [6.45, 7) is 4.81. The Morgan fingerprint density at radius 3 is 2.78 bits per heavy atom. The number of halogens is 1. The van der Waals surface area contributed by atoms with Crippen molar-refractivity contribution in [2.75, 3.05) is 13.2 Å². The molecule has 0 radical (unpaired) electrons. The lowest BCUT2D eigenvalue weighted by Crippen LogP contribution is -2.35. The van der Waals surface area contributed by atoms with Crippen LogP contribution in [0.4, 0.5) is 0 Å². The van der Waals surface area contributed by atoms with Crippen molar-refractivity contribution in [1.29, 1.82) is 0 Å². The minimum Gasteiger partial charge on any atom is -0.492 e. The molecule has 4 rings (SSSR count). The molecule has 1 amide bonds. The Balaban J connectivity index is 1.62. The van der Waals surface area contributed by atoms with E-state index in [0.29, 0.717) is 17.3 Å². The third-order valence-corrected chi connectivity index (χ3v) is 5.44. The molecule has 9 heteroatoms. The van der Waals surface area contributed by atoms with Gasteiger partial charge in [0.2, 0.25) is 0 Å². The minimum absolute atomic E-state index is 0.128. The monoisotopic (exact) mass is 456 g/mol. The Hall–Kier alpha value is -3.13. The van der Waals surface area contributed by atoms with E-state index in [0.717, 1.165) is 18.5 Å². The minimum atomic E-state index is -0.611. The Morgan fingerprint density at radius 2 is 2.09 bits per heavy atom. The molecule has 1 fully saturated rings. The van der Waals surface area contributed by atoms with Gasteiger partial charge in [0, 0.05) is 23.2 Å². The number of hydrogen-bond acceptors (Lipinski definition) is 5. The Labute approximate surface area is 189 Å². The molecular formula is C23H25ClN4O4. The number of aromatic nitrogens is 3. The summed E-state index contributed by atoms with van der Waals surface area (Å²) >= 11 is 5.95. The molecule has 1 saturated carbocycles. The Morgan fingerprint density at radius 1 is 1.31 bits per heavy atom. The highest BCUT2D eigenvalue weighted by atomic mass is 35.5. The lowest BCUT2D eigenvalue weighted by atomic mass is 10.1. The molecular weight excluding hydrogens is 432 g/mol. The molecule has 0 aliphatic heterocycles. The maximum atomic E-state index is 13.0. The Kier molecular flexibility index (Phi) is 6.32. The topological polar surface area (TPSA) is 106 Å². The highest BCUT2D eigenvalue weighted by Gasteiger charge is 2.28. The van der Waals surface area contributed by atoms with Crippen LogP contribution in [0.1, 0.15) is 48.7 Å². The molecule has 2 N–H and O–H groups in total. The third-order valence-electron chi connectivity index (χ3n) is 5.21. The molecule has 0 spiro atoms. The van der Waals surface area contributed by atoms with E-state index in [1.165, 1.54) is 4.57 Å². The summed E-state index contributed by atoms with van der Waals surface area (Å²) in [4.78, 5) is 45.2. The second kappa shape index (κ2) is 9.16. The van der Waals surface area contributed by atoms with Crippen LogP contribution in [0.3, 0.4) is 0 Å². The second-order valence-electron chi connectivity index (χ2n) is 8.39. The molecule has 0 atom stereocenters. The number of nitrogens with one attached hydrogen (secondary N) is 2. The number of benzene rings is 1. The first kappa shape index (κ1) is 22.1. The number of carbonyl (C=O) groups excluding carboxylic acids is 1. The molecule has 32 heavy (non-hydrogen) atoms. The van der Waals surface area contributed by atoms with Crippen LogP contribution in [-0.4, -0.2) is 33.6 Å². The average Bonchev–Trinajstić information content (AvgIpc) is 3.58. The summed E-state index contributed by atoms with van der Waals surface area (Å²) < 4.78 is 7.06. The number of rotatable bonds is 8. The van der Waals surface area contributed by atoms with Crippen LogP contribution in [0, 0.1) is 5.92 Å². The van der Waals surface area contributed by atoms with Gasteiger partial charge in [-0.2, -0.15) is 0 Å². The molecule has 0 unspecified atom stereocenters. The van der Waals surface area contributed by atoms with Crippen molar-refractivity contribution in [1.82, 2.24) is 19.9 Å². The highest BCUT2D eigenvalue weighted by Crippen LogP contribution is 2.39. The zero-order valence-corrected chi connectivity index (χ0v) is 18.7. The van der Waals surface area contributed by atoms with Crippen molar-refractivity contribution < 1.29 is 9.53 Å². The van der Waals surface area contributed by atoms with Crippen LogP contribution in [0.15, 0.2) is 39.9 Å². The highest BCUT2D eigenvalue weighted by molar-refractivity contribution is 6.30. The van der Waals surface area contributed by atoms with Crippen LogP contribution in [0.25, 0.3) is 11.0 Å². The number of H-pyrrole nitrogens is 1. The van der Waals surface area contributed by atoms with Gasteiger partial charge in [0.05, 0.1) is 17.5 Å². The molecule has 168 valence electrons. The molecule has 2 aromatic heterocycles. The van der Waals surface area contributed by atoms with Crippen LogP contribution in [-0.2, 0) is 6.54 Å². The molecule has 0 saturated heterocycles. The van der Waals surface area contributed by atoms with E-state index >= 15 is 0 Å². The summed E-state index contributed by atoms with van der Waals surface area (Å²) in [5, 5.41) is 3.49. The largest absolute Gasteiger partial charge is 0.492 e. The molecule has 1 aliphatic carbocycles. The number of pyridine rings is 1. The van der Waals surface area contributed by atoms with E-state index in [9.17, 15) is 14.4 Å². The normalized spacial score (nSPS) is 13.5. The molecule has 1 aliphatic rings. The predicted octanol–water partition coefficient (Wildman–Crippen LogP) is 3.08. The fourth-order valence-corrected chi connectivity index (χ4v) is 3.76. The van der Waals surface area contributed by atoms with Crippen molar-refractivity contribution >= 4 is 28.5 Å². The zero-order valence-electron chi connectivity index (χ0n) is 18.0. The number of amides is 1. The summed E-state index contributed by atoms with van der Waals surface area (Å²) in [6.07, 6.45) is 1.95. The van der Waals surface area contributed by atoms with E-state index in [1.54, 1.807) is 30.3 Å². The molecule has 2 heterocycles. The van der Waals surface area contributed by atoms with Crippen molar-refractivity contribution in [3.8, 4) is 5.75 Å². The van der Waals surface area contributed by atoms with Gasteiger partial charge in [0.25, 0.3) is 11.5 Å². The maximum Gasteiger partial charge on any atom is 0.330 e. The van der Waals surface area contributed by atoms with Gasteiger partial charge >= 0.3 is 5.69 Å². The fraction of sp³-hybridized carbons (Fsp3) is 0.391. The standard InChI is InChI=1S/C23H25ClN4O4/c1-13(2)12-28-20-19(22(30)27-23(28)31)17(11-18(26-20)14-6-7-14)21(29)25-8-9-32-16-5-3-4-15(24)10-16/h3-5,10-11,13-14H,6-9,12H2,1-2H3,(H,25,29)(H,27,30,31). The van der Waals surface area contributed by atoms with E-state index in [4.69, 9.17) is 16.3 Å². The van der Waals surface area contributed by atoms with Crippen molar-refractivity contribution in [2.45, 2.75) is 39.2 Å². The average molecular weight is 457 g/mol. The van der Waals surface area contributed by atoms with Gasteiger partial charge in [-0.05, 0) is 43.0 Å². The number of fused-ring (bicyclic) bond motifs is 1. The van der Waals surface area contributed by atoms with Crippen LogP contribution >= 0.6 is 11.6 Å². The van der Waals surface area contributed by atoms with Crippen molar-refractivity contribution in [3.63, 3.8) is 0 Å². The first-order valence-electron chi connectivity index (χ1n) is 10.7. The van der Waals surface area contributed by atoms with Gasteiger partial charge < -0.3 is 10.1 Å². The summed E-state index contributed by atoms with van der Waals surface area (Å²) in [5.74, 6) is 0.605. The summed E-state index contributed by atoms with van der Waals surface area (Å²) in [5.41, 5.74) is 0.0917. The molecule has 1 aromatic carbocycles. The van der Waals surface area contributed by atoms with Gasteiger partial charge in [0.1, 0.15) is 12.4 Å². The summed E-state index contributed by atoms with van der Waals surface area (Å²) in [6, 6.07) is 8.67. The first-order valence-corrected chi connectivity index (χ1v) is 11.1. The smallest absolute Gasteiger partial charge is 0.330 e. The van der Waals surface area contributed by atoms with E-state index in [2.05, 4.69) is 15.3 Å². The quantitative estimate of drug-likeness (QED) is 0.506. The molecule has 0 bridgehead atoms. The van der Waals surface area contributed by atoms with Gasteiger partial charge in [-0.3, -0.25) is 19.1 Å². The van der Waals surface area contributed by atoms with Gasteiger partial charge in [-0.1, -0.05) is 31.5 Å². The maximum absolute atomic E-state index is 13.0. The number of carbonyl (C=O) groups is 1. The van der Waals surface area contributed by atoms with E-state index in [-0.39, 0.29) is 41.6 Å². The molecule has 8 nitrogen and oxygen atoms in total. The predicted molar refractivity (Wildman–Crippen MR) is 123 cm³/mol. The number of ether oxygens (including phenoxy) is 1. The first-order chi connectivity index (χ1) is 15.3.